The van der Waals surface area contributed by atoms with Crippen LogP contribution in [-0.2, 0) is 10.0 Å². The van der Waals surface area contributed by atoms with E-state index in [0.717, 1.165) is 0 Å². The Morgan fingerprint density at radius 2 is 1.72 bits per heavy atom. The molecule has 0 atom stereocenters. The molecule has 4 nitrogen and oxygen atoms in total. The highest BCUT2D eigenvalue weighted by Gasteiger charge is 2.16. The lowest BCUT2D eigenvalue weighted by atomic mass is 10.2. The molecule has 0 spiro atoms. The lowest BCUT2D eigenvalue weighted by Crippen LogP contribution is -2.14. The van der Waals surface area contributed by atoms with Gasteiger partial charge < -0.3 is 5.73 Å². The first-order chi connectivity index (χ1) is 8.49. The van der Waals surface area contributed by atoms with E-state index in [1.54, 1.807) is 43.3 Å². The number of rotatable bonds is 3. The van der Waals surface area contributed by atoms with Crippen LogP contribution in [0.2, 0.25) is 0 Å². The van der Waals surface area contributed by atoms with Crippen molar-refractivity contribution in [2.75, 3.05) is 10.5 Å². The van der Waals surface area contributed by atoms with E-state index in [4.69, 9.17) is 5.73 Å². The predicted molar refractivity (Wildman–Crippen MR) is 72.8 cm³/mol. The van der Waals surface area contributed by atoms with Gasteiger partial charge >= 0.3 is 0 Å². The third kappa shape index (κ3) is 2.62. The third-order valence-corrected chi connectivity index (χ3v) is 4.06. The van der Waals surface area contributed by atoms with Crippen molar-refractivity contribution in [2.24, 2.45) is 0 Å². The Balaban J connectivity index is 2.37. The molecule has 0 unspecified atom stereocenters. The van der Waals surface area contributed by atoms with Crippen LogP contribution in [0, 0.1) is 6.92 Å². The highest BCUT2D eigenvalue weighted by molar-refractivity contribution is 7.92. The van der Waals surface area contributed by atoms with Crippen molar-refractivity contribution in [1.82, 2.24) is 0 Å². The van der Waals surface area contributed by atoms with Gasteiger partial charge in [-0.15, -0.1) is 0 Å². The van der Waals surface area contributed by atoms with Crippen LogP contribution in [0.25, 0.3) is 0 Å². The predicted octanol–water partition coefficient (Wildman–Crippen LogP) is 2.38. The van der Waals surface area contributed by atoms with Crippen LogP contribution in [0.15, 0.2) is 53.4 Å². The highest BCUT2D eigenvalue weighted by atomic mass is 32.2. The number of hydrogen-bond acceptors (Lipinski definition) is 3. The summed E-state index contributed by atoms with van der Waals surface area (Å²) in [6, 6.07) is 13.5. The lowest BCUT2D eigenvalue weighted by Gasteiger charge is -2.10. The summed E-state index contributed by atoms with van der Waals surface area (Å²) >= 11 is 0. The zero-order chi connectivity index (χ0) is 13.2. The topological polar surface area (TPSA) is 72.2 Å². The van der Waals surface area contributed by atoms with Gasteiger partial charge in [0.15, 0.2) is 0 Å². The zero-order valence-electron chi connectivity index (χ0n) is 9.92. The summed E-state index contributed by atoms with van der Waals surface area (Å²) in [4.78, 5) is 0.237. The Morgan fingerprint density at radius 1 is 1.06 bits per heavy atom. The van der Waals surface area contributed by atoms with E-state index >= 15 is 0 Å². The summed E-state index contributed by atoms with van der Waals surface area (Å²) in [5.41, 5.74) is 7.31. The summed E-state index contributed by atoms with van der Waals surface area (Å²) in [5, 5.41) is 0. The van der Waals surface area contributed by atoms with E-state index in [1.807, 2.05) is 6.07 Å². The number of nitrogens with two attached hydrogens (primary N) is 1. The Kier molecular flexibility index (Phi) is 3.25. The second kappa shape index (κ2) is 4.70. The zero-order valence-corrected chi connectivity index (χ0v) is 10.7. The molecule has 0 radical (unpaired) electrons. The maximum Gasteiger partial charge on any atom is 0.262 e. The van der Waals surface area contributed by atoms with Gasteiger partial charge in [0, 0.05) is 11.4 Å². The third-order valence-electron chi connectivity index (χ3n) is 2.51. The lowest BCUT2D eigenvalue weighted by molar-refractivity contribution is 0.600. The average Bonchev–Trinajstić information content (AvgIpc) is 2.29. The molecule has 94 valence electrons. The first-order valence-corrected chi connectivity index (χ1v) is 6.91. The minimum Gasteiger partial charge on any atom is -0.399 e. The number of sulfonamides is 1. The van der Waals surface area contributed by atoms with Gasteiger partial charge in [0.05, 0.1) is 4.90 Å². The highest BCUT2D eigenvalue weighted by Crippen LogP contribution is 2.20. The number of anilines is 2. The second-order valence-electron chi connectivity index (χ2n) is 4.00. The molecule has 0 fully saturated rings. The van der Waals surface area contributed by atoms with Crippen LogP contribution in [0.4, 0.5) is 11.4 Å². The largest absolute Gasteiger partial charge is 0.399 e. The SMILES string of the molecule is Cc1cc(N)ccc1S(=O)(=O)Nc1ccccc1. The van der Waals surface area contributed by atoms with Crippen LogP contribution in [0.3, 0.4) is 0 Å². The molecular weight excluding hydrogens is 248 g/mol. The molecule has 0 aliphatic rings. The monoisotopic (exact) mass is 262 g/mol. The quantitative estimate of drug-likeness (QED) is 0.834. The molecule has 0 saturated heterocycles. The van der Waals surface area contributed by atoms with Crippen molar-refractivity contribution in [3.63, 3.8) is 0 Å². The molecule has 2 aromatic carbocycles. The molecule has 2 aromatic rings. The second-order valence-corrected chi connectivity index (χ2v) is 5.65. The molecule has 0 amide bonds. The van der Waals surface area contributed by atoms with Gasteiger partial charge in [-0.25, -0.2) is 8.42 Å². The number of nitrogens with one attached hydrogen (secondary N) is 1. The summed E-state index contributed by atoms with van der Waals surface area (Å²) in [7, 11) is -3.57. The number of benzene rings is 2. The maximum atomic E-state index is 12.2. The van der Waals surface area contributed by atoms with Crippen molar-refractivity contribution < 1.29 is 8.42 Å². The summed E-state index contributed by atoms with van der Waals surface area (Å²) < 4.78 is 26.9. The van der Waals surface area contributed by atoms with Gasteiger partial charge in [-0.05, 0) is 42.8 Å². The van der Waals surface area contributed by atoms with Crippen LogP contribution >= 0.6 is 0 Å². The van der Waals surface area contributed by atoms with Crippen molar-refractivity contribution >= 4 is 21.4 Å². The van der Waals surface area contributed by atoms with Crippen molar-refractivity contribution in [3.8, 4) is 0 Å². The molecule has 0 bridgehead atoms. The van der Waals surface area contributed by atoms with Gasteiger partial charge in [-0.1, -0.05) is 18.2 Å². The summed E-state index contributed by atoms with van der Waals surface area (Å²) in [5.74, 6) is 0. The minimum absolute atomic E-state index is 0.237. The molecule has 18 heavy (non-hydrogen) atoms. The smallest absolute Gasteiger partial charge is 0.262 e. The fourth-order valence-electron chi connectivity index (χ4n) is 1.69. The van der Waals surface area contributed by atoms with E-state index in [-0.39, 0.29) is 4.90 Å². The first kappa shape index (κ1) is 12.4. The molecule has 2 rings (SSSR count). The molecule has 0 aliphatic carbocycles. The van der Waals surface area contributed by atoms with Crippen LogP contribution < -0.4 is 10.5 Å². The van der Waals surface area contributed by atoms with Crippen molar-refractivity contribution in [1.29, 1.82) is 0 Å². The number of para-hydroxylation sites is 1. The Hall–Kier alpha value is -2.01. The van der Waals surface area contributed by atoms with Gasteiger partial charge in [0.25, 0.3) is 10.0 Å². The van der Waals surface area contributed by atoms with E-state index in [0.29, 0.717) is 16.9 Å². The number of hydrogen-bond donors (Lipinski definition) is 2. The fraction of sp³-hybridized carbons (Fsp3) is 0.0769. The molecule has 0 aliphatic heterocycles. The van der Waals surface area contributed by atoms with Crippen molar-refractivity contribution in [2.45, 2.75) is 11.8 Å². The number of aryl methyl sites for hydroxylation is 1. The number of nitrogen functional groups attached to an aromatic ring is 1. The van der Waals surface area contributed by atoms with Gasteiger partial charge in [0.2, 0.25) is 0 Å². The molecule has 0 heterocycles. The Morgan fingerprint density at radius 3 is 2.33 bits per heavy atom. The van der Waals surface area contributed by atoms with Crippen LogP contribution in [0.5, 0.6) is 0 Å². The Bertz CT molecular complexity index is 652. The molecular formula is C13H14N2O2S. The summed E-state index contributed by atoms with van der Waals surface area (Å²) in [6.07, 6.45) is 0. The van der Waals surface area contributed by atoms with E-state index in [1.165, 1.54) is 6.07 Å². The maximum absolute atomic E-state index is 12.2. The Labute approximate surface area is 107 Å². The van der Waals surface area contributed by atoms with E-state index in [9.17, 15) is 8.42 Å². The average molecular weight is 262 g/mol. The molecule has 3 N–H and O–H groups in total. The normalized spacial score (nSPS) is 11.2. The fourth-order valence-corrected chi connectivity index (χ4v) is 2.98. The van der Waals surface area contributed by atoms with Crippen molar-refractivity contribution in [3.05, 3.63) is 54.1 Å². The van der Waals surface area contributed by atoms with Crippen LogP contribution in [0.1, 0.15) is 5.56 Å². The standard InChI is InChI=1S/C13H14N2O2S/c1-10-9-11(14)7-8-13(10)18(16,17)15-12-5-3-2-4-6-12/h2-9,15H,14H2,1H3. The van der Waals surface area contributed by atoms with Gasteiger partial charge in [0.1, 0.15) is 0 Å². The molecule has 5 heteroatoms. The van der Waals surface area contributed by atoms with E-state index in [2.05, 4.69) is 4.72 Å². The van der Waals surface area contributed by atoms with Crippen LogP contribution in [-0.4, -0.2) is 8.42 Å². The first-order valence-electron chi connectivity index (χ1n) is 5.43. The van der Waals surface area contributed by atoms with E-state index < -0.39 is 10.0 Å². The van der Waals surface area contributed by atoms with Gasteiger partial charge in [-0.3, -0.25) is 4.72 Å². The molecule has 0 aromatic heterocycles. The molecule has 0 saturated carbocycles. The summed E-state index contributed by atoms with van der Waals surface area (Å²) in [6.45, 7) is 1.72. The van der Waals surface area contributed by atoms with Gasteiger partial charge in [-0.2, -0.15) is 0 Å². The minimum atomic E-state index is -3.57.